The maximum atomic E-state index is 5.28. The molecule has 0 atom stereocenters. The van der Waals surface area contributed by atoms with Crippen molar-refractivity contribution in [2.75, 3.05) is 20.2 Å². The molecular weight excluding hydrogens is 457 g/mol. The second-order valence-corrected chi connectivity index (χ2v) is 7.56. The Balaban J connectivity index is 0.00000338. The number of ether oxygens (including phenoxy) is 1. The van der Waals surface area contributed by atoms with Gasteiger partial charge in [0.1, 0.15) is 0 Å². The summed E-state index contributed by atoms with van der Waals surface area (Å²) < 4.78 is 5.28. The topological polar surface area (TPSA) is 45.7 Å². The molecule has 0 aliphatic rings. The van der Waals surface area contributed by atoms with Crippen LogP contribution in [-0.4, -0.2) is 26.2 Å². The molecule has 0 aliphatic heterocycles. The fourth-order valence-corrected chi connectivity index (χ4v) is 3.42. The lowest BCUT2D eigenvalue weighted by Crippen LogP contribution is -2.43. The molecule has 0 spiro atoms. The van der Waals surface area contributed by atoms with Gasteiger partial charge in [0, 0.05) is 30.5 Å². The third-order valence-corrected chi connectivity index (χ3v) is 5.29. The second-order valence-electron chi connectivity index (χ2n) is 6.61. The summed E-state index contributed by atoms with van der Waals surface area (Å²) in [6.45, 7) is 9.51. The van der Waals surface area contributed by atoms with Gasteiger partial charge in [-0.3, -0.25) is 0 Å². The minimum absolute atomic E-state index is 0. The van der Waals surface area contributed by atoms with Crippen molar-refractivity contribution >= 4 is 41.3 Å². The van der Waals surface area contributed by atoms with Crippen LogP contribution >= 0.6 is 35.3 Å². The molecule has 4 nitrogen and oxygen atoms in total. The first kappa shape index (κ1) is 22.9. The molecule has 0 aliphatic carbocycles. The molecule has 0 saturated carbocycles. The molecule has 0 bridgehead atoms. The highest BCUT2D eigenvalue weighted by molar-refractivity contribution is 14.0. The quantitative estimate of drug-likeness (QED) is 0.327. The fraction of sp³-hybridized carbons (Fsp3) is 0.450. The van der Waals surface area contributed by atoms with Crippen LogP contribution in [0.4, 0.5) is 0 Å². The van der Waals surface area contributed by atoms with E-state index in [1.54, 1.807) is 18.4 Å². The van der Waals surface area contributed by atoms with Gasteiger partial charge in [0.15, 0.2) is 5.96 Å². The van der Waals surface area contributed by atoms with Gasteiger partial charge in [-0.15, -0.1) is 35.3 Å². The molecule has 1 aromatic heterocycles. The summed E-state index contributed by atoms with van der Waals surface area (Å²) in [6.07, 6.45) is 0. The standard InChI is InChI=1S/C20H29N3OS.HI/c1-5-21-19(23-15-20(2,3)18-11-8-12-25-18)22-13-16-9-6-7-10-17(16)14-24-4;/h6-12H,5,13-15H2,1-4H3,(H2,21,22,23);1H. The summed E-state index contributed by atoms with van der Waals surface area (Å²) >= 11 is 1.80. The van der Waals surface area contributed by atoms with Gasteiger partial charge in [-0.2, -0.15) is 0 Å². The lowest BCUT2D eigenvalue weighted by atomic mass is 9.91. The van der Waals surface area contributed by atoms with Gasteiger partial charge in [0.25, 0.3) is 0 Å². The Bertz CT molecular complexity index is 671. The number of guanidine groups is 1. The van der Waals surface area contributed by atoms with E-state index in [1.165, 1.54) is 16.0 Å². The lowest BCUT2D eigenvalue weighted by Gasteiger charge is -2.25. The van der Waals surface area contributed by atoms with Crippen LogP contribution in [-0.2, 0) is 23.3 Å². The summed E-state index contributed by atoms with van der Waals surface area (Å²) in [5.41, 5.74) is 2.45. The summed E-state index contributed by atoms with van der Waals surface area (Å²) in [5.74, 6) is 0.847. The van der Waals surface area contributed by atoms with Gasteiger partial charge in [-0.25, -0.2) is 4.99 Å². The first-order valence-electron chi connectivity index (χ1n) is 8.68. The maximum absolute atomic E-state index is 5.28. The van der Waals surface area contributed by atoms with Crippen LogP contribution in [0.15, 0.2) is 46.8 Å². The van der Waals surface area contributed by atoms with E-state index in [2.05, 4.69) is 61.1 Å². The van der Waals surface area contributed by atoms with Gasteiger partial charge in [-0.05, 0) is 29.5 Å². The minimum Gasteiger partial charge on any atom is -0.380 e. The number of hydrogen-bond acceptors (Lipinski definition) is 3. The van der Waals surface area contributed by atoms with E-state index in [0.717, 1.165) is 19.0 Å². The van der Waals surface area contributed by atoms with Crippen molar-refractivity contribution in [1.29, 1.82) is 0 Å². The monoisotopic (exact) mass is 487 g/mol. The van der Waals surface area contributed by atoms with Crippen molar-refractivity contribution < 1.29 is 4.74 Å². The van der Waals surface area contributed by atoms with Gasteiger partial charge < -0.3 is 15.4 Å². The van der Waals surface area contributed by atoms with E-state index in [-0.39, 0.29) is 29.4 Å². The van der Waals surface area contributed by atoms with Gasteiger partial charge in [0.2, 0.25) is 0 Å². The van der Waals surface area contributed by atoms with Crippen molar-refractivity contribution in [2.24, 2.45) is 4.99 Å². The van der Waals surface area contributed by atoms with Crippen LogP contribution in [0.5, 0.6) is 0 Å². The fourth-order valence-electron chi connectivity index (χ4n) is 2.57. The van der Waals surface area contributed by atoms with Crippen LogP contribution in [0.3, 0.4) is 0 Å². The van der Waals surface area contributed by atoms with E-state index >= 15 is 0 Å². The van der Waals surface area contributed by atoms with E-state index in [0.29, 0.717) is 13.2 Å². The number of rotatable bonds is 8. The lowest BCUT2D eigenvalue weighted by molar-refractivity contribution is 0.184. The zero-order valence-electron chi connectivity index (χ0n) is 16.0. The van der Waals surface area contributed by atoms with E-state index in [4.69, 9.17) is 9.73 Å². The molecule has 144 valence electrons. The summed E-state index contributed by atoms with van der Waals surface area (Å²) in [4.78, 5) is 6.13. The third-order valence-electron chi connectivity index (χ3n) is 4.06. The second kappa shape index (κ2) is 11.6. The highest BCUT2D eigenvalue weighted by Crippen LogP contribution is 2.26. The first-order valence-corrected chi connectivity index (χ1v) is 9.56. The molecule has 1 heterocycles. The molecule has 2 N–H and O–H groups in total. The first-order chi connectivity index (χ1) is 12.1. The van der Waals surface area contributed by atoms with Gasteiger partial charge in [0.05, 0.1) is 13.2 Å². The number of benzene rings is 1. The average Bonchev–Trinajstić information content (AvgIpc) is 3.14. The smallest absolute Gasteiger partial charge is 0.191 e. The average molecular weight is 487 g/mol. The number of nitrogens with zero attached hydrogens (tertiary/aromatic N) is 1. The summed E-state index contributed by atoms with van der Waals surface area (Å²) in [6, 6.07) is 12.6. The normalized spacial score (nSPS) is 11.8. The Labute approximate surface area is 178 Å². The Morgan fingerprint density at radius 1 is 1.12 bits per heavy atom. The summed E-state index contributed by atoms with van der Waals surface area (Å²) in [5, 5.41) is 8.95. The zero-order chi connectivity index (χ0) is 18.1. The number of nitrogens with one attached hydrogen (secondary N) is 2. The summed E-state index contributed by atoms with van der Waals surface area (Å²) in [7, 11) is 1.72. The molecule has 0 amide bonds. The highest BCUT2D eigenvalue weighted by Gasteiger charge is 2.21. The van der Waals surface area contributed by atoms with Crippen LogP contribution in [0, 0.1) is 0 Å². The Kier molecular flexibility index (Phi) is 10.2. The largest absolute Gasteiger partial charge is 0.380 e. The molecule has 0 fully saturated rings. The van der Waals surface area contributed by atoms with Crippen molar-refractivity contribution in [3.05, 3.63) is 57.8 Å². The molecule has 0 radical (unpaired) electrons. The molecular formula is C20H30IN3OS. The van der Waals surface area contributed by atoms with Gasteiger partial charge >= 0.3 is 0 Å². The van der Waals surface area contributed by atoms with Crippen molar-refractivity contribution in [2.45, 2.75) is 39.3 Å². The van der Waals surface area contributed by atoms with E-state index < -0.39 is 0 Å². The highest BCUT2D eigenvalue weighted by atomic mass is 127. The Morgan fingerprint density at radius 2 is 1.85 bits per heavy atom. The van der Waals surface area contributed by atoms with Crippen LogP contribution < -0.4 is 10.6 Å². The van der Waals surface area contributed by atoms with E-state index in [9.17, 15) is 0 Å². The van der Waals surface area contributed by atoms with E-state index in [1.807, 2.05) is 12.1 Å². The Hall–Kier alpha value is -1.12. The van der Waals surface area contributed by atoms with Crippen molar-refractivity contribution in [1.82, 2.24) is 10.6 Å². The number of halogens is 1. The molecule has 6 heteroatoms. The SMILES string of the molecule is CCNC(=NCc1ccccc1COC)NCC(C)(C)c1cccs1.I. The van der Waals surface area contributed by atoms with Crippen molar-refractivity contribution in [3.63, 3.8) is 0 Å². The van der Waals surface area contributed by atoms with Crippen LogP contribution in [0.1, 0.15) is 36.8 Å². The van der Waals surface area contributed by atoms with Gasteiger partial charge in [-0.1, -0.05) is 44.2 Å². The molecule has 26 heavy (non-hydrogen) atoms. The number of aliphatic imine (C=N–C) groups is 1. The molecule has 0 saturated heterocycles. The molecule has 0 unspecified atom stereocenters. The number of hydrogen-bond donors (Lipinski definition) is 2. The molecule has 1 aromatic carbocycles. The number of methoxy groups -OCH3 is 1. The molecule has 2 aromatic rings. The molecule has 2 rings (SSSR count). The minimum atomic E-state index is 0. The zero-order valence-corrected chi connectivity index (χ0v) is 19.2. The van der Waals surface area contributed by atoms with Crippen molar-refractivity contribution in [3.8, 4) is 0 Å². The third kappa shape index (κ3) is 6.89. The Morgan fingerprint density at radius 3 is 2.46 bits per heavy atom. The van der Waals surface area contributed by atoms with Crippen LogP contribution in [0.2, 0.25) is 0 Å². The predicted octanol–water partition coefficient (Wildman–Crippen LogP) is 4.55. The predicted molar refractivity (Wildman–Crippen MR) is 123 cm³/mol. The number of thiophene rings is 1. The van der Waals surface area contributed by atoms with Crippen LogP contribution in [0.25, 0.3) is 0 Å². The maximum Gasteiger partial charge on any atom is 0.191 e.